The number of aryl methyl sites for hydroxylation is 1. The summed E-state index contributed by atoms with van der Waals surface area (Å²) in [7, 11) is -4.25. The minimum Gasteiger partial charge on any atom is -0.352 e. The predicted octanol–water partition coefficient (Wildman–Crippen LogP) is 5.97. The normalized spacial score (nSPS) is 12.9. The van der Waals surface area contributed by atoms with Gasteiger partial charge in [-0.2, -0.15) is 0 Å². The van der Waals surface area contributed by atoms with Gasteiger partial charge in [0.1, 0.15) is 18.4 Å². The Balaban J connectivity index is 2.04. The molecule has 0 aliphatic heterocycles. The summed E-state index contributed by atoms with van der Waals surface area (Å²) in [4.78, 5) is 28.2. The highest BCUT2D eigenvalue weighted by Crippen LogP contribution is 2.27. The van der Waals surface area contributed by atoms with E-state index < -0.39 is 40.2 Å². The van der Waals surface area contributed by atoms with Gasteiger partial charge in [0.15, 0.2) is 0 Å². The van der Waals surface area contributed by atoms with Crippen LogP contribution in [0.15, 0.2) is 71.6 Å². The van der Waals surface area contributed by atoms with Crippen LogP contribution in [0.25, 0.3) is 0 Å². The zero-order valence-electron chi connectivity index (χ0n) is 22.7. The van der Waals surface area contributed by atoms with Gasteiger partial charge in [-0.1, -0.05) is 53.9 Å². The van der Waals surface area contributed by atoms with Crippen LogP contribution in [0.3, 0.4) is 0 Å². The number of halogens is 3. The maximum atomic E-state index is 13.9. The Kier molecular flexibility index (Phi) is 10.6. The number of nitrogens with zero attached hydrogens (tertiary/aromatic N) is 2. The first kappa shape index (κ1) is 31.4. The molecule has 214 valence electrons. The van der Waals surface area contributed by atoms with E-state index in [9.17, 15) is 22.4 Å². The summed E-state index contributed by atoms with van der Waals surface area (Å²) in [5.41, 5.74) is 1.48. The summed E-state index contributed by atoms with van der Waals surface area (Å²) in [6, 6.07) is 14.7. The van der Waals surface area contributed by atoms with Crippen molar-refractivity contribution in [1.82, 2.24) is 10.2 Å². The van der Waals surface area contributed by atoms with Gasteiger partial charge in [0.25, 0.3) is 10.0 Å². The first-order valence-corrected chi connectivity index (χ1v) is 14.9. The lowest BCUT2D eigenvalue weighted by atomic mass is 10.1. The monoisotopic (exact) mass is 607 g/mol. The third-order valence-corrected chi connectivity index (χ3v) is 8.90. The van der Waals surface area contributed by atoms with Crippen LogP contribution >= 0.6 is 23.2 Å². The number of amides is 2. The van der Waals surface area contributed by atoms with Gasteiger partial charge in [-0.3, -0.25) is 13.9 Å². The number of hydrogen-bond acceptors (Lipinski definition) is 4. The van der Waals surface area contributed by atoms with Crippen molar-refractivity contribution in [3.63, 3.8) is 0 Å². The van der Waals surface area contributed by atoms with Crippen molar-refractivity contribution in [2.24, 2.45) is 0 Å². The molecule has 0 saturated heterocycles. The van der Waals surface area contributed by atoms with Crippen LogP contribution in [-0.2, 0) is 26.2 Å². The van der Waals surface area contributed by atoms with Crippen molar-refractivity contribution in [3.05, 3.63) is 93.7 Å². The second-order valence-electron chi connectivity index (χ2n) is 9.55. The van der Waals surface area contributed by atoms with Crippen molar-refractivity contribution in [2.45, 2.75) is 57.6 Å². The number of hydrogen-bond donors (Lipinski definition) is 1. The smallest absolute Gasteiger partial charge is 0.264 e. The second kappa shape index (κ2) is 13.5. The van der Waals surface area contributed by atoms with E-state index in [1.807, 2.05) is 20.8 Å². The predicted molar refractivity (Wildman–Crippen MR) is 156 cm³/mol. The maximum absolute atomic E-state index is 13.9. The molecule has 40 heavy (non-hydrogen) atoms. The fraction of sp³-hybridized carbons (Fsp3) is 0.310. The van der Waals surface area contributed by atoms with Crippen LogP contribution in [0.1, 0.15) is 38.3 Å². The third-order valence-electron chi connectivity index (χ3n) is 6.53. The van der Waals surface area contributed by atoms with Gasteiger partial charge < -0.3 is 10.2 Å². The standard InChI is InChI=1S/C29H32Cl2FN3O4S/c1-5-20(3)33-29(37)21(4)34(17-22-8-9-23(30)16-27(22)31)28(36)18-35(25-12-10-24(32)11-13-25)40(38,39)26-14-6-19(2)7-15-26/h6-16,20-21H,5,17-18H2,1-4H3,(H,33,37)/t20-,21-/m0/s1. The molecule has 3 aromatic carbocycles. The van der Waals surface area contributed by atoms with E-state index >= 15 is 0 Å². The number of carbonyl (C=O) groups excluding carboxylic acids is 2. The van der Waals surface area contributed by atoms with Crippen molar-refractivity contribution in [3.8, 4) is 0 Å². The Morgan fingerprint density at radius 3 is 2.17 bits per heavy atom. The molecule has 2 atom stereocenters. The Morgan fingerprint density at radius 1 is 0.975 bits per heavy atom. The average molecular weight is 609 g/mol. The number of rotatable bonds is 11. The number of nitrogens with one attached hydrogen (secondary N) is 1. The van der Waals surface area contributed by atoms with Gasteiger partial charge in [-0.15, -0.1) is 0 Å². The molecular formula is C29H32Cl2FN3O4S. The molecule has 0 bridgehead atoms. The van der Waals surface area contributed by atoms with Gasteiger partial charge in [0, 0.05) is 22.6 Å². The van der Waals surface area contributed by atoms with E-state index in [0.29, 0.717) is 22.0 Å². The summed E-state index contributed by atoms with van der Waals surface area (Å²) < 4.78 is 42.2. The molecule has 0 radical (unpaired) electrons. The molecule has 0 heterocycles. The summed E-state index contributed by atoms with van der Waals surface area (Å²) in [5.74, 6) is -1.61. The number of sulfonamides is 1. The highest BCUT2D eigenvalue weighted by Gasteiger charge is 2.33. The van der Waals surface area contributed by atoms with Crippen LogP contribution in [0.5, 0.6) is 0 Å². The first-order chi connectivity index (χ1) is 18.8. The van der Waals surface area contributed by atoms with E-state index in [-0.39, 0.29) is 23.2 Å². The topological polar surface area (TPSA) is 86.8 Å². The highest BCUT2D eigenvalue weighted by molar-refractivity contribution is 7.92. The summed E-state index contributed by atoms with van der Waals surface area (Å²) in [6.45, 7) is 6.43. The molecule has 0 saturated carbocycles. The zero-order valence-corrected chi connectivity index (χ0v) is 25.0. The largest absolute Gasteiger partial charge is 0.352 e. The van der Waals surface area contributed by atoms with E-state index in [4.69, 9.17) is 23.2 Å². The molecule has 2 amide bonds. The van der Waals surface area contributed by atoms with Gasteiger partial charge in [-0.25, -0.2) is 12.8 Å². The van der Waals surface area contributed by atoms with E-state index in [0.717, 1.165) is 22.0 Å². The van der Waals surface area contributed by atoms with Crippen LogP contribution in [0.4, 0.5) is 10.1 Å². The number of anilines is 1. The van der Waals surface area contributed by atoms with Crippen LogP contribution in [0, 0.1) is 12.7 Å². The Labute approximate surface area is 244 Å². The maximum Gasteiger partial charge on any atom is 0.264 e. The van der Waals surface area contributed by atoms with Gasteiger partial charge in [0.2, 0.25) is 11.8 Å². The summed E-state index contributed by atoms with van der Waals surface area (Å²) in [5, 5.41) is 3.56. The molecular weight excluding hydrogens is 576 g/mol. The highest BCUT2D eigenvalue weighted by atomic mass is 35.5. The van der Waals surface area contributed by atoms with Crippen LogP contribution in [0.2, 0.25) is 10.0 Å². The van der Waals surface area contributed by atoms with Gasteiger partial charge >= 0.3 is 0 Å². The van der Waals surface area contributed by atoms with Gasteiger partial charge in [0.05, 0.1) is 10.6 Å². The molecule has 3 aromatic rings. The molecule has 0 aliphatic carbocycles. The van der Waals surface area contributed by atoms with E-state index in [1.165, 1.54) is 35.2 Å². The molecule has 0 fully saturated rings. The lowest BCUT2D eigenvalue weighted by molar-refractivity contribution is -0.139. The van der Waals surface area contributed by atoms with Gasteiger partial charge in [-0.05, 0) is 81.3 Å². The fourth-order valence-corrected chi connectivity index (χ4v) is 5.74. The lowest BCUT2D eigenvalue weighted by Gasteiger charge is -2.32. The molecule has 0 spiro atoms. The Hall–Kier alpha value is -3.14. The average Bonchev–Trinajstić information content (AvgIpc) is 2.91. The van der Waals surface area contributed by atoms with E-state index in [2.05, 4.69) is 5.32 Å². The number of carbonyl (C=O) groups is 2. The molecule has 11 heteroatoms. The van der Waals surface area contributed by atoms with Crippen molar-refractivity contribution in [2.75, 3.05) is 10.8 Å². The Bertz CT molecular complexity index is 1450. The minimum absolute atomic E-state index is 0.0370. The number of benzene rings is 3. The van der Waals surface area contributed by atoms with E-state index in [1.54, 1.807) is 31.2 Å². The third kappa shape index (κ3) is 7.74. The second-order valence-corrected chi connectivity index (χ2v) is 12.3. The zero-order chi connectivity index (χ0) is 29.6. The fourth-order valence-electron chi connectivity index (χ4n) is 3.86. The van der Waals surface area contributed by atoms with Crippen LogP contribution in [-0.4, -0.2) is 43.8 Å². The minimum atomic E-state index is -4.25. The molecule has 3 rings (SSSR count). The quantitative estimate of drug-likeness (QED) is 0.291. The summed E-state index contributed by atoms with van der Waals surface area (Å²) in [6.07, 6.45) is 0.683. The molecule has 1 N–H and O–H groups in total. The summed E-state index contributed by atoms with van der Waals surface area (Å²) >= 11 is 12.4. The molecule has 0 unspecified atom stereocenters. The SMILES string of the molecule is CC[C@H](C)NC(=O)[C@H](C)N(Cc1ccc(Cl)cc1Cl)C(=O)CN(c1ccc(F)cc1)S(=O)(=O)c1ccc(C)cc1. The molecule has 7 nitrogen and oxygen atoms in total. The van der Waals surface area contributed by atoms with Crippen molar-refractivity contribution < 1.29 is 22.4 Å². The Morgan fingerprint density at radius 2 is 1.60 bits per heavy atom. The molecule has 0 aromatic heterocycles. The first-order valence-electron chi connectivity index (χ1n) is 12.7. The van der Waals surface area contributed by atoms with Crippen molar-refractivity contribution in [1.29, 1.82) is 0 Å². The molecule has 0 aliphatic rings. The van der Waals surface area contributed by atoms with Crippen LogP contribution < -0.4 is 9.62 Å². The van der Waals surface area contributed by atoms with Crippen molar-refractivity contribution >= 4 is 50.7 Å². The lowest BCUT2D eigenvalue weighted by Crippen LogP contribution is -2.52.